The molecule has 6 nitrogen and oxygen atoms in total. The van der Waals surface area contributed by atoms with Crippen LogP contribution in [0.5, 0.6) is 11.5 Å². The van der Waals surface area contributed by atoms with Crippen LogP contribution in [0.2, 0.25) is 0 Å². The third-order valence-corrected chi connectivity index (χ3v) is 4.43. The van der Waals surface area contributed by atoms with Gasteiger partial charge in [0.15, 0.2) is 5.75 Å². The fraction of sp³-hybridized carbons (Fsp3) is 0.278. The smallest absolute Gasteiger partial charge is 0.303 e. The molecule has 1 aliphatic carbocycles. The van der Waals surface area contributed by atoms with Gasteiger partial charge in [0.2, 0.25) is 10.0 Å². The number of para-hydroxylation sites is 1. The van der Waals surface area contributed by atoms with Crippen molar-refractivity contribution >= 4 is 21.7 Å². The number of rotatable bonds is 5. The summed E-state index contributed by atoms with van der Waals surface area (Å²) in [5, 5.41) is 0. The van der Waals surface area contributed by atoms with Gasteiger partial charge >= 0.3 is 5.97 Å². The Hall–Kier alpha value is -2.54. The van der Waals surface area contributed by atoms with Crippen molar-refractivity contribution < 1.29 is 22.7 Å². The van der Waals surface area contributed by atoms with E-state index in [2.05, 4.69) is 4.72 Å². The lowest BCUT2D eigenvalue weighted by molar-refractivity contribution is -0.146. The molecule has 2 aromatic rings. The zero-order valence-corrected chi connectivity index (χ0v) is 14.8. The van der Waals surface area contributed by atoms with Crippen LogP contribution in [0.4, 0.5) is 5.69 Å². The van der Waals surface area contributed by atoms with Crippen LogP contribution in [-0.4, -0.2) is 20.6 Å². The van der Waals surface area contributed by atoms with E-state index in [9.17, 15) is 13.2 Å². The minimum absolute atomic E-state index is 0.335. The Morgan fingerprint density at radius 3 is 2.56 bits per heavy atom. The van der Waals surface area contributed by atoms with Gasteiger partial charge in [0.05, 0.1) is 11.9 Å². The highest BCUT2D eigenvalue weighted by atomic mass is 32.2. The molecule has 0 aromatic heterocycles. The highest BCUT2D eigenvalue weighted by molar-refractivity contribution is 7.92. The van der Waals surface area contributed by atoms with E-state index in [1.54, 1.807) is 24.3 Å². The molecule has 25 heavy (non-hydrogen) atoms. The topological polar surface area (TPSA) is 81.7 Å². The first kappa shape index (κ1) is 17.3. The fourth-order valence-electron chi connectivity index (χ4n) is 2.90. The summed E-state index contributed by atoms with van der Waals surface area (Å²) in [4.78, 5) is 11.3. The first-order valence-electron chi connectivity index (χ1n) is 7.86. The number of anilines is 1. The average Bonchev–Trinajstić information content (AvgIpc) is 2.88. The highest BCUT2D eigenvalue weighted by Crippen LogP contribution is 2.41. The van der Waals surface area contributed by atoms with Crippen molar-refractivity contribution in [2.75, 3.05) is 11.0 Å². The maximum absolute atomic E-state index is 11.7. The van der Waals surface area contributed by atoms with Crippen LogP contribution >= 0.6 is 0 Å². The number of hydrogen-bond acceptors (Lipinski definition) is 5. The number of ether oxygens (including phenoxy) is 2. The second-order valence-corrected chi connectivity index (χ2v) is 7.72. The molecular weight excluding hydrogens is 342 g/mol. The number of fused-ring (bicyclic) bond motifs is 1. The van der Waals surface area contributed by atoms with E-state index in [4.69, 9.17) is 9.47 Å². The summed E-state index contributed by atoms with van der Waals surface area (Å²) in [6.07, 6.45) is 2.13. The molecule has 0 aliphatic heterocycles. The number of carbonyl (C=O) groups excluding carboxylic acids is 1. The number of carbonyl (C=O) groups is 1. The van der Waals surface area contributed by atoms with Crippen LogP contribution < -0.4 is 9.46 Å². The summed E-state index contributed by atoms with van der Waals surface area (Å²) in [6, 6.07) is 12.6. The lowest BCUT2D eigenvalue weighted by Crippen LogP contribution is -2.11. The molecule has 0 spiro atoms. The molecule has 3 rings (SSSR count). The molecule has 1 aliphatic rings. The summed E-state index contributed by atoms with van der Waals surface area (Å²) in [5.74, 6) is 0.608. The first-order chi connectivity index (χ1) is 11.8. The molecule has 0 amide bonds. The van der Waals surface area contributed by atoms with Crippen molar-refractivity contribution in [2.45, 2.75) is 25.9 Å². The van der Waals surface area contributed by atoms with Gasteiger partial charge in [0, 0.05) is 6.92 Å². The Labute approximate surface area is 146 Å². The Balaban J connectivity index is 2.01. The van der Waals surface area contributed by atoms with Gasteiger partial charge in [-0.1, -0.05) is 18.2 Å². The molecule has 1 N–H and O–H groups in total. The standard InChI is InChI=1S/C18H19NO5S/c1-12(20)23-17-9-8-13-10-16(19-25(2,21)22)18(11-15(13)17)24-14-6-4-3-5-7-14/h3-7,10-11,17,19H,8-9H2,1-2H3. The van der Waals surface area contributed by atoms with Crippen LogP contribution in [0.15, 0.2) is 42.5 Å². The zero-order chi connectivity index (χ0) is 18.0. The largest absolute Gasteiger partial charge is 0.458 e. The van der Waals surface area contributed by atoms with Gasteiger partial charge in [-0.15, -0.1) is 0 Å². The second kappa shape index (κ2) is 6.76. The molecule has 7 heteroatoms. The molecule has 132 valence electrons. The Kier molecular flexibility index (Phi) is 4.67. The average molecular weight is 361 g/mol. The Morgan fingerprint density at radius 2 is 1.92 bits per heavy atom. The van der Waals surface area contributed by atoms with E-state index in [-0.39, 0.29) is 12.1 Å². The Morgan fingerprint density at radius 1 is 1.20 bits per heavy atom. The molecule has 1 unspecified atom stereocenters. The summed E-state index contributed by atoms with van der Waals surface area (Å²) < 4.78 is 37.1. The van der Waals surface area contributed by atoms with Crippen molar-refractivity contribution in [3.63, 3.8) is 0 Å². The van der Waals surface area contributed by atoms with Crippen LogP contribution in [0.25, 0.3) is 0 Å². The van der Waals surface area contributed by atoms with Gasteiger partial charge in [-0.05, 0) is 48.2 Å². The molecule has 0 heterocycles. The number of hydrogen-bond donors (Lipinski definition) is 1. The third kappa shape index (κ3) is 4.30. The zero-order valence-electron chi connectivity index (χ0n) is 14.0. The van der Waals surface area contributed by atoms with E-state index >= 15 is 0 Å². The van der Waals surface area contributed by atoms with Gasteiger partial charge in [-0.2, -0.15) is 0 Å². The summed E-state index contributed by atoms with van der Waals surface area (Å²) >= 11 is 0. The molecule has 0 saturated heterocycles. The molecular formula is C18H19NO5S. The van der Waals surface area contributed by atoms with Crippen molar-refractivity contribution in [1.82, 2.24) is 0 Å². The van der Waals surface area contributed by atoms with Gasteiger partial charge in [-0.3, -0.25) is 9.52 Å². The van der Waals surface area contributed by atoms with E-state index in [1.165, 1.54) is 6.92 Å². The van der Waals surface area contributed by atoms with Crippen molar-refractivity contribution in [3.8, 4) is 11.5 Å². The van der Waals surface area contributed by atoms with Gasteiger partial charge in [0.25, 0.3) is 0 Å². The van der Waals surface area contributed by atoms with Crippen LogP contribution in [-0.2, 0) is 26.0 Å². The van der Waals surface area contributed by atoms with E-state index in [1.807, 2.05) is 18.2 Å². The first-order valence-corrected chi connectivity index (χ1v) is 9.76. The predicted octanol–water partition coefficient (Wildman–Crippen LogP) is 3.40. The molecule has 1 atom stereocenters. The number of esters is 1. The lowest BCUT2D eigenvalue weighted by Gasteiger charge is -2.17. The fourth-order valence-corrected chi connectivity index (χ4v) is 3.46. The highest BCUT2D eigenvalue weighted by Gasteiger charge is 2.27. The monoisotopic (exact) mass is 361 g/mol. The SMILES string of the molecule is CC(=O)OC1CCc2cc(NS(C)(=O)=O)c(Oc3ccccc3)cc21. The number of nitrogens with one attached hydrogen (secondary N) is 1. The minimum Gasteiger partial charge on any atom is -0.458 e. The van der Waals surface area contributed by atoms with Gasteiger partial charge < -0.3 is 9.47 Å². The predicted molar refractivity (Wildman–Crippen MR) is 94.3 cm³/mol. The van der Waals surface area contributed by atoms with E-state index in [0.717, 1.165) is 17.4 Å². The second-order valence-electron chi connectivity index (χ2n) is 5.97. The molecule has 0 bridgehead atoms. The molecule has 2 aromatic carbocycles. The maximum Gasteiger partial charge on any atom is 0.303 e. The normalized spacial score (nSPS) is 16.2. The van der Waals surface area contributed by atoms with Gasteiger partial charge in [0.1, 0.15) is 11.9 Å². The quantitative estimate of drug-likeness (QED) is 0.826. The summed E-state index contributed by atoms with van der Waals surface area (Å²) in [7, 11) is -3.46. The third-order valence-electron chi connectivity index (χ3n) is 3.84. The number of benzene rings is 2. The Bertz CT molecular complexity index is 893. The lowest BCUT2D eigenvalue weighted by atomic mass is 10.1. The number of aryl methyl sites for hydroxylation is 1. The molecule has 0 radical (unpaired) electrons. The maximum atomic E-state index is 11.7. The number of sulfonamides is 1. The van der Waals surface area contributed by atoms with Crippen LogP contribution in [0, 0.1) is 0 Å². The van der Waals surface area contributed by atoms with Crippen LogP contribution in [0.1, 0.15) is 30.6 Å². The summed E-state index contributed by atoms with van der Waals surface area (Å²) in [6.45, 7) is 1.37. The summed E-state index contributed by atoms with van der Waals surface area (Å²) in [5.41, 5.74) is 2.16. The van der Waals surface area contributed by atoms with Crippen molar-refractivity contribution in [2.24, 2.45) is 0 Å². The molecule has 0 saturated carbocycles. The van der Waals surface area contributed by atoms with E-state index in [0.29, 0.717) is 30.0 Å². The van der Waals surface area contributed by atoms with Crippen molar-refractivity contribution in [3.05, 3.63) is 53.6 Å². The minimum atomic E-state index is -3.46. The van der Waals surface area contributed by atoms with Crippen LogP contribution in [0.3, 0.4) is 0 Å². The van der Waals surface area contributed by atoms with Gasteiger partial charge in [-0.25, -0.2) is 8.42 Å². The van der Waals surface area contributed by atoms with Crippen molar-refractivity contribution in [1.29, 1.82) is 0 Å². The van der Waals surface area contributed by atoms with E-state index < -0.39 is 10.0 Å². The molecule has 0 fully saturated rings.